The molecule has 1 heterocycles. The maximum Gasteiger partial charge on any atom is 0.349 e. The highest BCUT2D eigenvalue weighted by atomic mass is 32.1. The average molecular weight is 386 g/mol. The predicted molar refractivity (Wildman–Crippen MR) is 103 cm³/mol. The molecule has 1 aromatic carbocycles. The van der Waals surface area contributed by atoms with Crippen molar-refractivity contribution in [3.05, 3.63) is 74.8 Å². The second-order valence-corrected chi connectivity index (χ2v) is 6.95. The van der Waals surface area contributed by atoms with Crippen molar-refractivity contribution in [2.75, 3.05) is 11.1 Å². The van der Waals surface area contributed by atoms with E-state index in [0.29, 0.717) is 16.4 Å². The molecule has 0 radical (unpaired) electrons. The van der Waals surface area contributed by atoms with Crippen LogP contribution >= 0.6 is 11.3 Å². The van der Waals surface area contributed by atoms with Crippen LogP contribution in [0.4, 0.5) is 10.8 Å². The molecule has 1 unspecified atom stereocenters. The molecule has 9 heteroatoms. The number of nitro groups is 1. The third-order valence-corrected chi connectivity index (χ3v) is 4.81. The van der Waals surface area contributed by atoms with Crippen LogP contribution in [0.25, 0.3) is 0 Å². The third kappa shape index (κ3) is 4.39. The van der Waals surface area contributed by atoms with Gasteiger partial charge in [-0.15, -0.1) is 11.3 Å². The lowest BCUT2D eigenvalue weighted by Gasteiger charge is -2.24. The van der Waals surface area contributed by atoms with Crippen molar-refractivity contribution in [2.45, 2.75) is 25.7 Å². The van der Waals surface area contributed by atoms with E-state index in [4.69, 9.17) is 10.5 Å². The van der Waals surface area contributed by atoms with Gasteiger partial charge in [0, 0.05) is 22.7 Å². The normalized spacial score (nSPS) is 18.8. The summed E-state index contributed by atoms with van der Waals surface area (Å²) in [6, 6.07) is 6.93. The molecule has 0 fully saturated rings. The molecule has 1 aromatic heterocycles. The summed E-state index contributed by atoms with van der Waals surface area (Å²) in [4.78, 5) is 27.8. The van der Waals surface area contributed by atoms with E-state index in [1.165, 1.54) is 17.4 Å². The van der Waals surface area contributed by atoms with E-state index in [2.05, 4.69) is 10.3 Å². The Hall–Kier alpha value is -3.04. The molecule has 0 spiro atoms. The Labute approximate surface area is 159 Å². The molecule has 0 bridgehead atoms. The number of benzene rings is 1. The van der Waals surface area contributed by atoms with Gasteiger partial charge in [-0.05, 0) is 24.6 Å². The number of hydrogen-bond donors (Lipinski definition) is 2. The van der Waals surface area contributed by atoms with Crippen molar-refractivity contribution >= 4 is 28.1 Å². The molecule has 27 heavy (non-hydrogen) atoms. The first kappa shape index (κ1) is 18.7. The highest BCUT2D eigenvalue weighted by Crippen LogP contribution is 2.28. The standard InChI is InChI=1S/C18H18N4O4S/c1-12-11-27-17(20-12)21-16(23)14-5-3-7-18(9-14,22(24)25)26-10-13-4-2-6-15(19)8-13/h2-6,8-9,11H,7,10,19H2,1H3,(H,20,21,23). The zero-order chi connectivity index (χ0) is 19.4. The van der Waals surface area contributed by atoms with E-state index < -0.39 is 16.6 Å². The molecule has 1 amide bonds. The van der Waals surface area contributed by atoms with Crippen LogP contribution in [0.15, 0.2) is 53.4 Å². The van der Waals surface area contributed by atoms with Crippen LogP contribution in [0.2, 0.25) is 0 Å². The minimum absolute atomic E-state index is 0.00304. The summed E-state index contributed by atoms with van der Waals surface area (Å²) >= 11 is 1.29. The van der Waals surface area contributed by atoms with E-state index in [0.717, 1.165) is 5.69 Å². The number of anilines is 2. The number of nitrogen functional groups attached to an aromatic ring is 1. The van der Waals surface area contributed by atoms with Crippen molar-refractivity contribution in [1.29, 1.82) is 0 Å². The van der Waals surface area contributed by atoms with Crippen molar-refractivity contribution in [1.82, 2.24) is 4.98 Å². The van der Waals surface area contributed by atoms with Crippen LogP contribution in [0.3, 0.4) is 0 Å². The number of carbonyl (C=O) groups is 1. The van der Waals surface area contributed by atoms with E-state index in [1.807, 2.05) is 6.92 Å². The lowest BCUT2D eigenvalue weighted by atomic mass is 9.98. The van der Waals surface area contributed by atoms with Gasteiger partial charge in [-0.1, -0.05) is 24.3 Å². The van der Waals surface area contributed by atoms with Crippen LogP contribution in [0.5, 0.6) is 0 Å². The van der Waals surface area contributed by atoms with Crippen LogP contribution < -0.4 is 11.1 Å². The van der Waals surface area contributed by atoms with Crippen LogP contribution in [0.1, 0.15) is 17.7 Å². The molecule has 1 aliphatic carbocycles. The molecule has 0 saturated heterocycles. The smallest absolute Gasteiger partial charge is 0.349 e. The van der Waals surface area contributed by atoms with Gasteiger partial charge in [0.2, 0.25) is 0 Å². The Balaban J connectivity index is 1.78. The summed E-state index contributed by atoms with van der Waals surface area (Å²) in [6.07, 6.45) is 4.37. The zero-order valence-electron chi connectivity index (χ0n) is 14.5. The van der Waals surface area contributed by atoms with E-state index in [1.54, 1.807) is 41.8 Å². The summed E-state index contributed by atoms with van der Waals surface area (Å²) < 4.78 is 5.63. The van der Waals surface area contributed by atoms with E-state index >= 15 is 0 Å². The van der Waals surface area contributed by atoms with Gasteiger partial charge in [-0.3, -0.25) is 20.2 Å². The van der Waals surface area contributed by atoms with Gasteiger partial charge in [0.25, 0.3) is 5.91 Å². The molecule has 3 N–H and O–H groups in total. The molecule has 0 aliphatic heterocycles. The molecule has 0 saturated carbocycles. The Kier molecular flexibility index (Phi) is 5.33. The number of thiazole rings is 1. The minimum atomic E-state index is -1.81. The topological polar surface area (TPSA) is 120 Å². The Morgan fingerprint density at radius 3 is 3.00 bits per heavy atom. The second kappa shape index (κ2) is 7.68. The van der Waals surface area contributed by atoms with E-state index in [-0.39, 0.29) is 18.6 Å². The molecule has 1 atom stereocenters. The van der Waals surface area contributed by atoms with Gasteiger partial charge in [0.1, 0.15) is 0 Å². The number of rotatable bonds is 6. The van der Waals surface area contributed by atoms with Crippen molar-refractivity contribution in [3.63, 3.8) is 0 Å². The maximum absolute atomic E-state index is 12.4. The first-order valence-electron chi connectivity index (χ1n) is 8.14. The number of amides is 1. The fourth-order valence-electron chi connectivity index (χ4n) is 2.60. The van der Waals surface area contributed by atoms with Gasteiger partial charge >= 0.3 is 5.72 Å². The van der Waals surface area contributed by atoms with Crippen LogP contribution in [-0.2, 0) is 16.1 Å². The van der Waals surface area contributed by atoms with Crippen molar-refractivity contribution in [3.8, 4) is 0 Å². The highest BCUT2D eigenvalue weighted by molar-refractivity contribution is 7.13. The quantitative estimate of drug-likeness (QED) is 0.341. The monoisotopic (exact) mass is 386 g/mol. The molecule has 8 nitrogen and oxygen atoms in total. The molecule has 1 aliphatic rings. The third-order valence-electron chi connectivity index (χ3n) is 3.94. The Bertz CT molecular complexity index is 937. The largest absolute Gasteiger partial charge is 0.399 e. The number of carbonyl (C=O) groups excluding carboxylic acids is 1. The van der Waals surface area contributed by atoms with Crippen molar-refractivity contribution in [2.24, 2.45) is 0 Å². The summed E-state index contributed by atoms with van der Waals surface area (Å²) in [5.41, 5.74) is 6.11. The number of aryl methyl sites for hydroxylation is 1. The van der Waals surface area contributed by atoms with E-state index in [9.17, 15) is 14.9 Å². The Morgan fingerprint density at radius 2 is 2.33 bits per heavy atom. The first-order valence-corrected chi connectivity index (χ1v) is 9.02. The number of nitrogens with one attached hydrogen (secondary N) is 1. The number of hydrogen-bond acceptors (Lipinski definition) is 7. The first-order chi connectivity index (χ1) is 12.9. The maximum atomic E-state index is 12.4. The fraction of sp³-hybridized carbons (Fsp3) is 0.222. The lowest BCUT2D eigenvalue weighted by molar-refractivity contribution is -0.614. The second-order valence-electron chi connectivity index (χ2n) is 6.09. The van der Waals surface area contributed by atoms with Crippen molar-refractivity contribution < 1.29 is 14.5 Å². The summed E-state index contributed by atoms with van der Waals surface area (Å²) in [5, 5.41) is 16.6. The number of nitrogens with two attached hydrogens (primary N) is 1. The molecular formula is C18H18N4O4S. The van der Waals surface area contributed by atoms with Gasteiger partial charge < -0.3 is 10.5 Å². The Morgan fingerprint density at radius 1 is 1.52 bits per heavy atom. The van der Waals surface area contributed by atoms with Gasteiger partial charge in [-0.25, -0.2) is 4.98 Å². The SMILES string of the molecule is Cc1csc(NC(=O)C2=CC(OCc3cccc(N)c3)([N+](=O)[O-])CC=C2)n1. The average Bonchev–Trinajstić information content (AvgIpc) is 3.05. The van der Waals surface area contributed by atoms with Crippen LogP contribution in [-0.4, -0.2) is 21.5 Å². The predicted octanol–water partition coefficient (Wildman–Crippen LogP) is 3.05. The highest BCUT2D eigenvalue weighted by Gasteiger charge is 2.43. The fourth-order valence-corrected chi connectivity index (χ4v) is 3.28. The number of ether oxygens (including phenoxy) is 1. The molecule has 2 aromatic rings. The zero-order valence-corrected chi connectivity index (χ0v) is 15.4. The number of nitrogens with zero attached hydrogens (tertiary/aromatic N) is 2. The lowest BCUT2D eigenvalue weighted by Crippen LogP contribution is -2.41. The summed E-state index contributed by atoms with van der Waals surface area (Å²) in [7, 11) is 0. The molecular weight excluding hydrogens is 368 g/mol. The molecule has 3 rings (SSSR count). The van der Waals surface area contributed by atoms with Gasteiger partial charge in [0.15, 0.2) is 5.13 Å². The van der Waals surface area contributed by atoms with Gasteiger partial charge in [-0.2, -0.15) is 0 Å². The summed E-state index contributed by atoms with van der Waals surface area (Å²) in [5.74, 6) is -0.473. The summed E-state index contributed by atoms with van der Waals surface area (Å²) in [6.45, 7) is 1.81. The molecule has 140 valence electrons. The van der Waals surface area contributed by atoms with Crippen LogP contribution in [0, 0.1) is 17.0 Å². The van der Waals surface area contributed by atoms with Gasteiger partial charge in [0.05, 0.1) is 23.6 Å². The number of aromatic nitrogens is 1. The minimum Gasteiger partial charge on any atom is -0.399 e.